The first kappa shape index (κ1) is 15.7. The van der Waals surface area contributed by atoms with Crippen LogP contribution in [0.5, 0.6) is 0 Å². The van der Waals surface area contributed by atoms with Crippen LogP contribution in [-0.2, 0) is 27.8 Å². The van der Waals surface area contributed by atoms with Crippen molar-refractivity contribution in [1.82, 2.24) is 10.5 Å². The molecule has 0 atom stereocenters. The molecule has 1 aliphatic rings. The largest absolute Gasteiger partial charge is 0.369 e. The van der Waals surface area contributed by atoms with Crippen molar-refractivity contribution in [2.45, 2.75) is 19.3 Å². The molecular formula is C15H16N2O5S. The van der Waals surface area contributed by atoms with Crippen LogP contribution in [0.2, 0.25) is 0 Å². The van der Waals surface area contributed by atoms with Gasteiger partial charge in [-0.3, -0.25) is 4.79 Å². The van der Waals surface area contributed by atoms with E-state index in [1.54, 1.807) is 0 Å². The molecule has 0 aliphatic carbocycles. The van der Waals surface area contributed by atoms with Crippen LogP contribution in [0, 0.1) is 0 Å². The molecule has 23 heavy (non-hydrogen) atoms. The van der Waals surface area contributed by atoms with Crippen LogP contribution in [0.4, 0.5) is 0 Å². The number of amides is 1. The number of benzene rings is 1. The molecule has 3 rings (SSSR count). The van der Waals surface area contributed by atoms with Crippen molar-refractivity contribution in [2.75, 3.05) is 11.5 Å². The van der Waals surface area contributed by atoms with Gasteiger partial charge in [-0.05, 0) is 5.56 Å². The predicted molar refractivity (Wildman–Crippen MR) is 81.3 cm³/mol. The molecule has 0 unspecified atom stereocenters. The fraction of sp³-hybridized carbons (Fsp3) is 0.333. The summed E-state index contributed by atoms with van der Waals surface area (Å²) in [7, 11) is -2.97. The maximum absolute atomic E-state index is 11.9. The second kappa shape index (κ2) is 6.51. The summed E-state index contributed by atoms with van der Waals surface area (Å²) in [6, 6.07) is 10.8. The summed E-state index contributed by atoms with van der Waals surface area (Å²) in [6.45, 7) is 0.635. The van der Waals surface area contributed by atoms with Gasteiger partial charge in [-0.25, -0.2) is 8.42 Å². The minimum Gasteiger partial charge on any atom is -0.369 e. The highest BCUT2D eigenvalue weighted by molar-refractivity contribution is 7.92. The van der Waals surface area contributed by atoms with Crippen molar-refractivity contribution in [3.8, 4) is 0 Å². The number of hydrogen-bond acceptors (Lipinski definition) is 6. The summed E-state index contributed by atoms with van der Waals surface area (Å²) >= 11 is 0. The molecule has 0 spiro atoms. The van der Waals surface area contributed by atoms with Gasteiger partial charge in [0.25, 0.3) is 5.91 Å². The van der Waals surface area contributed by atoms with Gasteiger partial charge in [0.15, 0.2) is 21.3 Å². The molecular weight excluding hydrogens is 320 g/mol. The Hall–Kier alpha value is -2.19. The van der Waals surface area contributed by atoms with E-state index in [9.17, 15) is 13.2 Å². The number of ether oxygens (including phenoxy) is 1. The van der Waals surface area contributed by atoms with Gasteiger partial charge in [-0.1, -0.05) is 35.5 Å². The summed E-state index contributed by atoms with van der Waals surface area (Å²) in [5.74, 6) is -0.0527. The van der Waals surface area contributed by atoms with E-state index in [1.807, 2.05) is 30.3 Å². The van der Waals surface area contributed by atoms with Gasteiger partial charge in [0, 0.05) is 6.07 Å². The number of carbonyl (C=O) groups is 1. The van der Waals surface area contributed by atoms with E-state index >= 15 is 0 Å². The third-order valence-corrected chi connectivity index (χ3v) is 5.21. The Balaban J connectivity index is 1.47. The summed E-state index contributed by atoms with van der Waals surface area (Å²) in [4.78, 5) is 11.9. The number of aromatic nitrogens is 1. The van der Waals surface area contributed by atoms with E-state index in [1.165, 1.54) is 6.07 Å². The highest BCUT2D eigenvalue weighted by Gasteiger charge is 2.34. The predicted octanol–water partition coefficient (Wildman–Crippen LogP) is 0.918. The Morgan fingerprint density at radius 3 is 2.70 bits per heavy atom. The lowest BCUT2D eigenvalue weighted by Crippen LogP contribution is -2.53. The van der Waals surface area contributed by atoms with Gasteiger partial charge in [0.05, 0.1) is 24.2 Å². The van der Waals surface area contributed by atoms with Gasteiger partial charge in [-0.2, -0.15) is 0 Å². The lowest BCUT2D eigenvalue weighted by molar-refractivity contribution is 0.0876. The topological polar surface area (TPSA) is 98.5 Å². The smallest absolute Gasteiger partial charge is 0.273 e. The van der Waals surface area contributed by atoms with Crippen molar-refractivity contribution < 1.29 is 22.5 Å². The Morgan fingerprint density at radius 2 is 2.00 bits per heavy atom. The fourth-order valence-corrected chi connectivity index (χ4v) is 3.53. The normalized spacial score (nSPS) is 16.7. The van der Waals surface area contributed by atoms with Crippen LogP contribution in [0.1, 0.15) is 21.8 Å². The van der Waals surface area contributed by atoms with Crippen LogP contribution in [0.15, 0.2) is 40.9 Å². The van der Waals surface area contributed by atoms with Crippen molar-refractivity contribution in [2.24, 2.45) is 0 Å². The quantitative estimate of drug-likeness (QED) is 0.842. The van der Waals surface area contributed by atoms with Gasteiger partial charge in [0.2, 0.25) is 0 Å². The summed E-state index contributed by atoms with van der Waals surface area (Å²) < 4.78 is 32.6. The lowest BCUT2D eigenvalue weighted by atomic mass is 10.2. The number of rotatable bonds is 6. The monoisotopic (exact) mass is 336 g/mol. The van der Waals surface area contributed by atoms with Crippen LogP contribution >= 0.6 is 0 Å². The zero-order valence-corrected chi connectivity index (χ0v) is 13.1. The maximum Gasteiger partial charge on any atom is 0.273 e. The van der Waals surface area contributed by atoms with Crippen molar-refractivity contribution >= 4 is 15.7 Å². The second-order valence-corrected chi connectivity index (χ2v) is 7.56. The standard InChI is InChI=1S/C15H16N2O5S/c18-15(16-12-9-23(19,20)10-12)14-6-13(22-17-14)8-21-7-11-4-2-1-3-5-11/h1-6,12H,7-10H2,(H,16,18). The summed E-state index contributed by atoms with van der Waals surface area (Å²) in [5.41, 5.74) is 1.16. The number of nitrogens with zero attached hydrogens (tertiary/aromatic N) is 1. The van der Waals surface area contributed by atoms with Crippen molar-refractivity contribution in [3.63, 3.8) is 0 Å². The molecule has 2 aromatic rings. The maximum atomic E-state index is 11.9. The van der Waals surface area contributed by atoms with Gasteiger partial charge in [0.1, 0.15) is 6.61 Å². The van der Waals surface area contributed by atoms with Gasteiger partial charge >= 0.3 is 0 Å². The molecule has 1 amide bonds. The average Bonchev–Trinajstić information content (AvgIpc) is 2.95. The Labute approximate surface area is 133 Å². The molecule has 1 aromatic heterocycles. The van der Waals surface area contributed by atoms with Crippen molar-refractivity contribution in [1.29, 1.82) is 0 Å². The average molecular weight is 336 g/mol. The third kappa shape index (κ3) is 4.17. The summed E-state index contributed by atoms with van der Waals surface area (Å²) in [6.07, 6.45) is 0. The molecule has 0 radical (unpaired) electrons. The highest BCUT2D eigenvalue weighted by atomic mass is 32.2. The van der Waals surface area contributed by atoms with E-state index < -0.39 is 15.7 Å². The molecule has 1 fully saturated rings. The first-order valence-electron chi connectivity index (χ1n) is 7.10. The summed E-state index contributed by atoms with van der Waals surface area (Å²) in [5, 5.41) is 6.28. The lowest BCUT2D eigenvalue weighted by Gasteiger charge is -2.25. The highest BCUT2D eigenvalue weighted by Crippen LogP contribution is 2.12. The van der Waals surface area contributed by atoms with Crippen LogP contribution in [-0.4, -0.2) is 37.0 Å². The molecule has 1 aromatic carbocycles. The van der Waals surface area contributed by atoms with E-state index in [0.29, 0.717) is 12.4 Å². The van der Waals surface area contributed by atoms with Crippen molar-refractivity contribution in [3.05, 3.63) is 53.4 Å². The Morgan fingerprint density at radius 1 is 1.26 bits per heavy atom. The molecule has 0 bridgehead atoms. The third-order valence-electron chi connectivity index (χ3n) is 3.39. The SMILES string of the molecule is O=C(NC1CS(=O)(=O)C1)c1cc(COCc2ccccc2)on1. The first-order valence-corrected chi connectivity index (χ1v) is 8.92. The molecule has 122 valence electrons. The minimum atomic E-state index is -2.97. The number of hydrogen-bond donors (Lipinski definition) is 1. The van der Waals surface area contributed by atoms with Gasteiger partial charge in [-0.15, -0.1) is 0 Å². The molecule has 0 saturated carbocycles. The first-order chi connectivity index (χ1) is 11.0. The fourth-order valence-electron chi connectivity index (χ4n) is 2.24. The number of carbonyl (C=O) groups excluding carboxylic acids is 1. The number of nitrogens with one attached hydrogen (secondary N) is 1. The molecule has 2 heterocycles. The van der Waals surface area contributed by atoms with Crippen LogP contribution in [0.3, 0.4) is 0 Å². The van der Waals surface area contributed by atoms with E-state index in [2.05, 4.69) is 10.5 Å². The molecule has 7 nitrogen and oxygen atoms in total. The molecule has 8 heteroatoms. The van der Waals surface area contributed by atoms with Crippen LogP contribution in [0.25, 0.3) is 0 Å². The molecule has 1 aliphatic heterocycles. The van der Waals surface area contributed by atoms with E-state index in [-0.39, 0.29) is 29.8 Å². The van der Waals surface area contributed by atoms with E-state index in [4.69, 9.17) is 9.26 Å². The molecule has 1 saturated heterocycles. The zero-order valence-electron chi connectivity index (χ0n) is 12.3. The van der Waals surface area contributed by atoms with Gasteiger partial charge < -0.3 is 14.6 Å². The second-order valence-electron chi connectivity index (χ2n) is 5.40. The molecule has 1 N–H and O–H groups in total. The Bertz CT molecular complexity index is 773. The Kier molecular flexibility index (Phi) is 4.44. The van der Waals surface area contributed by atoms with E-state index in [0.717, 1.165) is 5.56 Å². The minimum absolute atomic E-state index is 0.0242. The number of sulfone groups is 1. The zero-order chi connectivity index (χ0) is 16.3. The van der Waals surface area contributed by atoms with Crippen LogP contribution < -0.4 is 5.32 Å².